The van der Waals surface area contributed by atoms with Crippen LogP contribution in [0.25, 0.3) is 0 Å². The zero-order valence-corrected chi connectivity index (χ0v) is 13.8. The molecular formula is C15H32N2O2S. The number of unbranched alkanes of at least 4 members (excludes halogenated alkanes) is 6. The molecule has 1 aliphatic rings. The SMILES string of the molecule is CCCCCCCCCC(CC1CCS(=O)(=O)C1)NN. The molecule has 0 amide bonds. The number of rotatable bonds is 11. The molecule has 3 N–H and O–H groups in total. The van der Waals surface area contributed by atoms with E-state index in [0.29, 0.717) is 17.4 Å². The fourth-order valence-corrected chi connectivity index (χ4v) is 4.96. The van der Waals surface area contributed by atoms with Crippen LogP contribution in [0.3, 0.4) is 0 Å². The molecule has 0 saturated carbocycles. The van der Waals surface area contributed by atoms with Crippen molar-refractivity contribution in [1.29, 1.82) is 0 Å². The number of sulfone groups is 1. The van der Waals surface area contributed by atoms with Crippen molar-refractivity contribution in [3.05, 3.63) is 0 Å². The second-order valence-electron chi connectivity index (χ2n) is 6.28. The van der Waals surface area contributed by atoms with E-state index in [4.69, 9.17) is 5.84 Å². The summed E-state index contributed by atoms with van der Waals surface area (Å²) in [5.74, 6) is 6.64. The molecule has 1 rings (SSSR count). The normalized spacial score (nSPS) is 23.0. The van der Waals surface area contributed by atoms with E-state index in [1.54, 1.807) is 0 Å². The van der Waals surface area contributed by atoms with Crippen LogP contribution < -0.4 is 11.3 Å². The monoisotopic (exact) mass is 304 g/mol. The highest BCUT2D eigenvalue weighted by atomic mass is 32.2. The first-order chi connectivity index (χ1) is 9.57. The van der Waals surface area contributed by atoms with E-state index < -0.39 is 9.84 Å². The molecule has 0 spiro atoms. The Bertz CT molecular complexity index is 344. The highest BCUT2D eigenvalue weighted by Crippen LogP contribution is 2.24. The third-order valence-corrected chi connectivity index (χ3v) is 6.17. The summed E-state index contributed by atoms with van der Waals surface area (Å²) in [5, 5.41) is 0. The summed E-state index contributed by atoms with van der Waals surface area (Å²) >= 11 is 0. The lowest BCUT2D eigenvalue weighted by Gasteiger charge is -2.19. The van der Waals surface area contributed by atoms with E-state index in [2.05, 4.69) is 12.3 Å². The van der Waals surface area contributed by atoms with Crippen LogP contribution >= 0.6 is 0 Å². The summed E-state index contributed by atoms with van der Waals surface area (Å²) in [6, 6.07) is 0.281. The topological polar surface area (TPSA) is 72.2 Å². The number of hydrogen-bond acceptors (Lipinski definition) is 4. The molecule has 0 aromatic rings. The van der Waals surface area contributed by atoms with Gasteiger partial charge in [-0.25, -0.2) is 8.42 Å². The third kappa shape index (κ3) is 7.60. The van der Waals surface area contributed by atoms with Crippen molar-refractivity contribution in [2.45, 2.75) is 77.2 Å². The zero-order chi connectivity index (χ0) is 14.8. The van der Waals surface area contributed by atoms with Gasteiger partial charge in [-0.05, 0) is 25.2 Å². The molecule has 120 valence electrons. The Hall–Kier alpha value is -0.130. The van der Waals surface area contributed by atoms with Gasteiger partial charge in [-0.2, -0.15) is 0 Å². The first kappa shape index (κ1) is 17.9. The zero-order valence-electron chi connectivity index (χ0n) is 12.9. The van der Waals surface area contributed by atoms with Crippen LogP contribution in [-0.4, -0.2) is 26.0 Å². The van der Waals surface area contributed by atoms with Gasteiger partial charge in [0.1, 0.15) is 0 Å². The lowest BCUT2D eigenvalue weighted by molar-refractivity contribution is 0.379. The Morgan fingerprint density at radius 2 is 1.80 bits per heavy atom. The predicted molar refractivity (Wildman–Crippen MR) is 85.1 cm³/mol. The Balaban J connectivity index is 2.08. The van der Waals surface area contributed by atoms with Gasteiger partial charge in [0.25, 0.3) is 0 Å². The van der Waals surface area contributed by atoms with Crippen molar-refractivity contribution in [3.8, 4) is 0 Å². The smallest absolute Gasteiger partial charge is 0.150 e. The Morgan fingerprint density at radius 3 is 2.35 bits per heavy atom. The molecule has 1 fully saturated rings. The van der Waals surface area contributed by atoms with Crippen LogP contribution in [0.2, 0.25) is 0 Å². The summed E-state index contributed by atoms with van der Waals surface area (Å²) in [6.07, 6.45) is 11.9. The van der Waals surface area contributed by atoms with Crippen LogP contribution in [0.4, 0.5) is 0 Å². The van der Waals surface area contributed by atoms with Crippen LogP contribution in [0.5, 0.6) is 0 Å². The van der Waals surface area contributed by atoms with Gasteiger partial charge in [0.05, 0.1) is 11.5 Å². The van der Waals surface area contributed by atoms with Gasteiger partial charge < -0.3 is 0 Å². The lowest BCUT2D eigenvalue weighted by atomic mass is 9.95. The minimum atomic E-state index is -2.76. The van der Waals surface area contributed by atoms with Gasteiger partial charge in [0.2, 0.25) is 0 Å². The van der Waals surface area contributed by atoms with E-state index in [0.717, 1.165) is 19.3 Å². The number of nitrogens with one attached hydrogen (secondary N) is 1. The molecule has 0 aromatic carbocycles. The molecule has 1 aliphatic heterocycles. The quantitative estimate of drug-likeness (QED) is 0.350. The standard InChI is InChI=1S/C15H32N2O2S/c1-2-3-4-5-6-7-8-9-15(17-16)12-14-10-11-20(18,19)13-14/h14-15,17H,2-13,16H2,1H3. The van der Waals surface area contributed by atoms with Gasteiger partial charge in [0.15, 0.2) is 9.84 Å². The van der Waals surface area contributed by atoms with Gasteiger partial charge in [-0.3, -0.25) is 11.3 Å². The lowest BCUT2D eigenvalue weighted by Crippen LogP contribution is -2.36. The van der Waals surface area contributed by atoms with Gasteiger partial charge >= 0.3 is 0 Å². The maximum absolute atomic E-state index is 11.4. The Kier molecular flexibility index (Phi) is 8.73. The molecule has 2 atom stereocenters. The number of hydrogen-bond donors (Lipinski definition) is 2. The van der Waals surface area contributed by atoms with Crippen molar-refractivity contribution < 1.29 is 8.42 Å². The van der Waals surface area contributed by atoms with E-state index in [-0.39, 0.29) is 6.04 Å². The predicted octanol–water partition coefficient (Wildman–Crippen LogP) is 2.78. The van der Waals surface area contributed by atoms with Gasteiger partial charge in [0, 0.05) is 6.04 Å². The summed E-state index contributed by atoms with van der Waals surface area (Å²) in [5.41, 5.74) is 2.87. The molecule has 4 nitrogen and oxygen atoms in total. The first-order valence-electron chi connectivity index (χ1n) is 8.24. The molecule has 0 radical (unpaired) electrons. The maximum Gasteiger partial charge on any atom is 0.150 e. The number of nitrogens with two attached hydrogens (primary N) is 1. The molecule has 20 heavy (non-hydrogen) atoms. The minimum absolute atomic E-state index is 0.281. The molecule has 0 aromatic heterocycles. The van der Waals surface area contributed by atoms with Crippen LogP contribution in [-0.2, 0) is 9.84 Å². The molecule has 1 saturated heterocycles. The van der Waals surface area contributed by atoms with Crippen molar-refractivity contribution >= 4 is 9.84 Å². The number of hydrazine groups is 1. The first-order valence-corrected chi connectivity index (χ1v) is 10.1. The summed E-state index contributed by atoms with van der Waals surface area (Å²) < 4.78 is 22.9. The average Bonchev–Trinajstić information content (AvgIpc) is 2.75. The van der Waals surface area contributed by atoms with Crippen LogP contribution in [0.15, 0.2) is 0 Å². The second kappa shape index (κ2) is 9.74. The highest BCUT2D eigenvalue weighted by molar-refractivity contribution is 7.91. The third-order valence-electron chi connectivity index (χ3n) is 4.34. The second-order valence-corrected chi connectivity index (χ2v) is 8.51. The molecule has 1 heterocycles. The molecular weight excluding hydrogens is 272 g/mol. The highest BCUT2D eigenvalue weighted by Gasteiger charge is 2.29. The average molecular weight is 305 g/mol. The summed E-state index contributed by atoms with van der Waals surface area (Å²) in [4.78, 5) is 0. The van der Waals surface area contributed by atoms with Crippen molar-refractivity contribution in [2.24, 2.45) is 11.8 Å². The van der Waals surface area contributed by atoms with Crippen molar-refractivity contribution in [3.63, 3.8) is 0 Å². The largest absolute Gasteiger partial charge is 0.271 e. The van der Waals surface area contributed by atoms with E-state index in [1.807, 2.05) is 0 Å². The molecule has 0 bridgehead atoms. The van der Waals surface area contributed by atoms with E-state index in [1.165, 1.54) is 44.9 Å². The van der Waals surface area contributed by atoms with Gasteiger partial charge in [-0.1, -0.05) is 51.9 Å². The van der Waals surface area contributed by atoms with Crippen molar-refractivity contribution in [1.82, 2.24) is 5.43 Å². The van der Waals surface area contributed by atoms with Gasteiger partial charge in [-0.15, -0.1) is 0 Å². The fraction of sp³-hybridized carbons (Fsp3) is 1.00. The van der Waals surface area contributed by atoms with Crippen LogP contribution in [0, 0.1) is 5.92 Å². The summed E-state index contributed by atoms with van der Waals surface area (Å²) in [7, 11) is -2.76. The summed E-state index contributed by atoms with van der Waals surface area (Å²) in [6.45, 7) is 2.24. The maximum atomic E-state index is 11.4. The fourth-order valence-electron chi connectivity index (χ4n) is 3.08. The Morgan fingerprint density at radius 1 is 1.15 bits per heavy atom. The van der Waals surface area contributed by atoms with E-state index in [9.17, 15) is 8.42 Å². The van der Waals surface area contributed by atoms with Crippen LogP contribution in [0.1, 0.15) is 71.1 Å². The van der Waals surface area contributed by atoms with Crippen molar-refractivity contribution in [2.75, 3.05) is 11.5 Å². The Labute approximate surface area is 124 Å². The molecule has 2 unspecified atom stereocenters. The molecule has 5 heteroatoms. The minimum Gasteiger partial charge on any atom is -0.271 e. The molecule has 0 aliphatic carbocycles. The van der Waals surface area contributed by atoms with E-state index >= 15 is 0 Å².